The van der Waals surface area contributed by atoms with Crippen LogP contribution in [-0.4, -0.2) is 48.8 Å². The monoisotopic (exact) mass is 427 g/mol. The molecule has 158 valence electrons. The maximum absolute atomic E-state index is 13.1. The van der Waals surface area contributed by atoms with Crippen LogP contribution in [0.1, 0.15) is 57.1 Å². The molecule has 0 saturated heterocycles. The Labute approximate surface area is 179 Å². The van der Waals surface area contributed by atoms with Gasteiger partial charge >= 0.3 is 5.97 Å². The number of tetrazole rings is 1. The first kappa shape index (κ1) is 21.8. The summed E-state index contributed by atoms with van der Waals surface area (Å²) in [7, 11) is 0. The second-order valence-corrected chi connectivity index (χ2v) is 8.44. The van der Waals surface area contributed by atoms with Gasteiger partial charge in [-0.2, -0.15) is 4.68 Å². The standard InChI is InChI=1S/C21H25N5O3S/c1-7-29-20(28)17-13(4)18(22-14(17)5)19(27)15(6)30-21-23-24-25-26(21)16-9-8-11(2)10-12(16)3/h8-10,15,22H,7H2,1-6H3. The number of carbonyl (C=O) groups is 2. The molecule has 0 amide bonds. The highest BCUT2D eigenvalue weighted by atomic mass is 32.2. The molecule has 2 heterocycles. The van der Waals surface area contributed by atoms with Crippen LogP contribution in [-0.2, 0) is 4.74 Å². The number of hydrogen-bond donors (Lipinski definition) is 1. The lowest BCUT2D eigenvalue weighted by molar-refractivity contribution is 0.0525. The number of H-pyrrole nitrogens is 1. The molecule has 1 atom stereocenters. The molecule has 8 nitrogen and oxygen atoms in total. The number of aromatic amines is 1. The molecular weight excluding hydrogens is 402 g/mol. The number of nitrogens with zero attached hydrogens (tertiary/aromatic N) is 4. The molecule has 0 spiro atoms. The number of rotatable bonds is 7. The first-order valence-electron chi connectivity index (χ1n) is 9.67. The van der Waals surface area contributed by atoms with Gasteiger partial charge < -0.3 is 9.72 Å². The molecule has 0 aliphatic rings. The van der Waals surface area contributed by atoms with E-state index in [1.54, 1.807) is 32.4 Å². The van der Waals surface area contributed by atoms with Gasteiger partial charge in [0.2, 0.25) is 5.16 Å². The van der Waals surface area contributed by atoms with Gasteiger partial charge in [0.05, 0.1) is 28.8 Å². The summed E-state index contributed by atoms with van der Waals surface area (Å²) in [6, 6.07) is 6.01. The molecule has 3 aromatic rings. The maximum Gasteiger partial charge on any atom is 0.340 e. The van der Waals surface area contributed by atoms with E-state index in [1.165, 1.54) is 11.8 Å². The van der Waals surface area contributed by atoms with Gasteiger partial charge in [-0.15, -0.1) is 5.10 Å². The Kier molecular flexibility index (Phi) is 6.40. The maximum atomic E-state index is 13.1. The van der Waals surface area contributed by atoms with E-state index in [2.05, 4.69) is 26.6 Å². The Morgan fingerprint density at radius 2 is 1.97 bits per heavy atom. The van der Waals surface area contributed by atoms with Crippen LogP contribution in [0.5, 0.6) is 0 Å². The van der Waals surface area contributed by atoms with Crippen molar-refractivity contribution in [3.05, 3.63) is 51.8 Å². The van der Waals surface area contributed by atoms with Gasteiger partial charge in [0.25, 0.3) is 0 Å². The fourth-order valence-electron chi connectivity index (χ4n) is 3.37. The van der Waals surface area contributed by atoms with Crippen LogP contribution in [0.2, 0.25) is 0 Å². The van der Waals surface area contributed by atoms with Crippen molar-refractivity contribution >= 4 is 23.5 Å². The summed E-state index contributed by atoms with van der Waals surface area (Å²) in [5.41, 5.74) is 5.09. The summed E-state index contributed by atoms with van der Waals surface area (Å²) < 4.78 is 6.75. The molecule has 0 bridgehead atoms. The first-order chi connectivity index (χ1) is 14.2. The van der Waals surface area contributed by atoms with Gasteiger partial charge in [-0.25, -0.2) is 4.79 Å². The van der Waals surface area contributed by atoms with E-state index in [4.69, 9.17) is 4.74 Å². The van der Waals surface area contributed by atoms with Gasteiger partial charge in [0.15, 0.2) is 5.78 Å². The molecule has 2 aromatic heterocycles. The fraction of sp³-hybridized carbons (Fsp3) is 0.381. The number of thioether (sulfide) groups is 1. The number of esters is 1. The van der Waals surface area contributed by atoms with Crippen molar-refractivity contribution in [2.45, 2.75) is 51.9 Å². The third-order valence-electron chi connectivity index (χ3n) is 4.84. The highest BCUT2D eigenvalue weighted by Gasteiger charge is 2.27. The molecule has 0 aliphatic carbocycles. The molecule has 30 heavy (non-hydrogen) atoms. The van der Waals surface area contributed by atoms with Crippen LogP contribution in [0.3, 0.4) is 0 Å². The number of hydrogen-bond acceptors (Lipinski definition) is 7. The van der Waals surface area contributed by atoms with Crippen LogP contribution in [0.25, 0.3) is 5.69 Å². The molecule has 9 heteroatoms. The lowest BCUT2D eigenvalue weighted by Gasteiger charge is -2.11. The van der Waals surface area contributed by atoms with E-state index in [1.807, 2.05) is 26.0 Å². The number of aromatic nitrogens is 5. The summed E-state index contributed by atoms with van der Waals surface area (Å²) in [5.74, 6) is -0.562. The minimum atomic E-state index is -0.465. The predicted molar refractivity (Wildman–Crippen MR) is 115 cm³/mol. The van der Waals surface area contributed by atoms with Crippen molar-refractivity contribution in [1.29, 1.82) is 0 Å². The lowest BCUT2D eigenvalue weighted by Crippen LogP contribution is -2.16. The van der Waals surface area contributed by atoms with Gasteiger partial charge in [0.1, 0.15) is 0 Å². The highest BCUT2D eigenvalue weighted by molar-refractivity contribution is 8.00. The zero-order chi connectivity index (χ0) is 22.0. The number of ketones is 1. The first-order valence-corrected chi connectivity index (χ1v) is 10.6. The zero-order valence-electron chi connectivity index (χ0n) is 17.9. The van der Waals surface area contributed by atoms with Gasteiger partial charge in [-0.1, -0.05) is 29.5 Å². The molecule has 1 aromatic carbocycles. The van der Waals surface area contributed by atoms with E-state index in [-0.39, 0.29) is 12.4 Å². The van der Waals surface area contributed by atoms with E-state index in [0.29, 0.717) is 27.7 Å². The molecule has 3 rings (SSSR count). The second kappa shape index (κ2) is 8.83. The lowest BCUT2D eigenvalue weighted by atomic mass is 10.1. The van der Waals surface area contributed by atoms with Gasteiger partial charge in [0, 0.05) is 5.69 Å². The van der Waals surface area contributed by atoms with Crippen LogP contribution < -0.4 is 0 Å². The summed E-state index contributed by atoms with van der Waals surface area (Å²) in [6.45, 7) is 11.4. The summed E-state index contributed by atoms with van der Waals surface area (Å²) in [6.07, 6.45) is 0. The normalized spacial score (nSPS) is 12.1. The number of carbonyl (C=O) groups excluding carboxylic acids is 2. The third-order valence-corrected chi connectivity index (χ3v) is 5.87. The van der Waals surface area contributed by atoms with E-state index in [0.717, 1.165) is 16.8 Å². The molecule has 1 N–H and O–H groups in total. The zero-order valence-corrected chi connectivity index (χ0v) is 18.8. The summed E-state index contributed by atoms with van der Waals surface area (Å²) in [4.78, 5) is 28.4. The van der Waals surface area contributed by atoms with Crippen LogP contribution in [0, 0.1) is 27.7 Å². The van der Waals surface area contributed by atoms with Crippen molar-refractivity contribution < 1.29 is 14.3 Å². The Hall–Kier alpha value is -2.94. The fourth-order valence-corrected chi connectivity index (χ4v) is 4.23. The molecule has 0 saturated carbocycles. The molecule has 1 unspecified atom stereocenters. The van der Waals surface area contributed by atoms with Crippen molar-refractivity contribution in [3.8, 4) is 5.69 Å². The van der Waals surface area contributed by atoms with Crippen molar-refractivity contribution in [2.24, 2.45) is 0 Å². The average Bonchev–Trinajstić information content (AvgIpc) is 3.25. The van der Waals surface area contributed by atoms with Gasteiger partial charge in [-0.3, -0.25) is 4.79 Å². The Morgan fingerprint density at radius 3 is 2.63 bits per heavy atom. The smallest absolute Gasteiger partial charge is 0.340 e. The largest absolute Gasteiger partial charge is 0.462 e. The third kappa shape index (κ3) is 4.16. The number of aryl methyl sites for hydroxylation is 3. The average molecular weight is 428 g/mol. The Morgan fingerprint density at radius 1 is 1.23 bits per heavy atom. The number of Topliss-reactive ketones (excluding diaryl/α,β-unsaturated/α-hetero) is 1. The Bertz CT molecular complexity index is 1100. The number of ether oxygens (including phenoxy) is 1. The van der Waals surface area contributed by atoms with Crippen LogP contribution in [0.4, 0.5) is 0 Å². The molecule has 0 aliphatic heterocycles. The van der Waals surface area contributed by atoms with Gasteiger partial charge in [-0.05, 0) is 69.2 Å². The number of benzene rings is 1. The SMILES string of the molecule is CCOC(=O)c1c(C)[nH]c(C(=O)C(C)Sc2nnnn2-c2ccc(C)cc2C)c1C. The predicted octanol–water partition coefficient (Wildman–Crippen LogP) is 3.76. The quantitative estimate of drug-likeness (QED) is 0.348. The Balaban J connectivity index is 1.85. The summed E-state index contributed by atoms with van der Waals surface area (Å²) >= 11 is 1.27. The van der Waals surface area contributed by atoms with E-state index < -0.39 is 11.2 Å². The van der Waals surface area contributed by atoms with E-state index in [9.17, 15) is 9.59 Å². The van der Waals surface area contributed by atoms with Crippen LogP contribution in [0.15, 0.2) is 23.4 Å². The van der Waals surface area contributed by atoms with Crippen LogP contribution >= 0.6 is 11.8 Å². The van der Waals surface area contributed by atoms with Crippen molar-refractivity contribution in [1.82, 2.24) is 25.2 Å². The minimum Gasteiger partial charge on any atom is -0.462 e. The minimum absolute atomic E-state index is 0.133. The van der Waals surface area contributed by atoms with Crippen molar-refractivity contribution in [3.63, 3.8) is 0 Å². The van der Waals surface area contributed by atoms with Crippen molar-refractivity contribution in [2.75, 3.05) is 6.61 Å². The highest BCUT2D eigenvalue weighted by Crippen LogP contribution is 2.28. The number of nitrogens with one attached hydrogen (secondary N) is 1. The molecule has 0 radical (unpaired) electrons. The molecular formula is C21H25N5O3S. The molecule has 0 fully saturated rings. The van der Waals surface area contributed by atoms with E-state index >= 15 is 0 Å². The topological polar surface area (TPSA) is 103 Å². The second-order valence-electron chi connectivity index (χ2n) is 7.13. The summed E-state index contributed by atoms with van der Waals surface area (Å²) in [5, 5.41) is 12.0.